The molecule has 0 saturated carbocycles. The van der Waals surface area contributed by atoms with Gasteiger partial charge in [0.2, 0.25) is 0 Å². The topological polar surface area (TPSA) is 53.6 Å². The van der Waals surface area contributed by atoms with Crippen LogP contribution in [0.2, 0.25) is 0 Å². The van der Waals surface area contributed by atoms with Gasteiger partial charge in [-0.3, -0.25) is 4.84 Å². The molecule has 5 heteroatoms. The molecule has 1 rings (SSSR count). The van der Waals surface area contributed by atoms with E-state index in [1.165, 1.54) is 12.2 Å². The van der Waals surface area contributed by atoms with Crippen LogP contribution in [0.15, 0.2) is 0 Å². The van der Waals surface area contributed by atoms with Crippen molar-refractivity contribution in [2.75, 3.05) is 26.7 Å². The zero-order valence-corrected chi connectivity index (χ0v) is 8.17. The van der Waals surface area contributed by atoms with Crippen molar-refractivity contribution in [3.63, 3.8) is 0 Å². The van der Waals surface area contributed by atoms with Crippen molar-refractivity contribution in [3.8, 4) is 0 Å². The third kappa shape index (κ3) is 2.86. The van der Waals surface area contributed by atoms with Crippen LogP contribution in [0.5, 0.6) is 0 Å². The Kier molecular flexibility index (Phi) is 3.98. The molecule has 0 aliphatic carbocycles. The number of carbonyl (C=O) groups is 1. The summed E-state index contributed by atoms with van der Waals surface area (Å²) in [7, 11) is 1.50. The highest BCUT2D eigenvalue weighted by Crippen LogP contribution is 1.98. The van der Waals surface area contributed by atoms with Gasteiger partial charge in [-0.1, -0.05) is 0 Å². The van der Waals surface area contributed by atoms with Gasteiger partial charge >= 0.3 is 6.03 Å². The molecule has 1 atom stereocenters. The monoisotopic (exact) mass is 187 g/mol. The molecule has 0 aromatic rings. The van der Waals surface area contributed by atoms with Gasteiger partial charge in [0.25, 0.3) is 0 Å². The molecule has 5 nitrogen and oxygen atoms in total. The summed E-state index contributed by atoms with van der Waals surface area (Å²) in [5.41, 5.74) is 0. The van der Waals surface area contributed by atoms with E-state index in [-0.39, 0.29) is 12.1 Å². The van der Waals surface area contributed by atoms with Crippen LogP contribution >= 0.6 is 0 Å². The number of amides is 2. The fourth-order valence-electron chi connectivity index (χ4n) is 1.38. The quantitative estimate of drug-likeness (QED) is 0.609. The summed E-state index contributed by atoms with van der Waals surface area (Å²) in [4.78, 5) is 16.3. The van der Waals surface area contributed by atoms with E-state index in [4.69, 9.17) is 4.84 Å². The van der Waals surface area contributed by atoms with Crippen LogP contribution in [-0.2, 0) is 4.84 Å². The lowest BCUT2D eigenvalue weighted by atomic mass is 10.3. The molecule has 1 unspecified atom stereocenters. The average molecular weight is 187 g/mol. The number of hydrogen-bond donors (Lipinski definition) is 2. The molecule has 0 bridgehead atoms. The predicted octanol–water partition coefficient (Wildman–Crippen LogP) is -0.0588. The number of urea groups is 1. The van der Waals surface area contributed by atoms with E-state index in [0.29, 0.717) is 6.54 Å². The zero-order chi connectivity index (χ0) is 9.68. The molecule has 2 N–H and O–H groups in total. The normalized spacial score (nSPS) is 21.5. The largest absolute Gasteiger partial charge is 0.341 e. The molecule has 1 heterocycles. The molecular formula is C8H17N3O2. The number of hydrogen-bond acceptors (Lipinski definition) is 3. The molecule has 1 fully saturated rings. The van der Waals surface area contributed by atoms with Gasteiger partial charge in [0.15, 0.2) is 0 Å². The van der Waals surface area contributed by atoms with Crippen LogP contribution in [-0.4, -0.2) is 43.9 Å². The lowest BCUT2D eigenvalue weighted by molar-refractivity contribution is -0.0828. The molecule has 1 aliphatic rings. The van der Waals surface area contributed by atoms with Gasteiger partial charge in [-0.05, 0) is 19.9 Å². The number of carbonyl (C=O) groups excluding carboxylic acids is 1. The molecule has 1 aliphatic heterocycles. The number of rotatable bonds is 3. The highest BCUT2D eigenvalue weighted by atomic mass is 16.7. The molecule has 2 amide bonds. The van der Waals surface area contributed by atoms with Gasteiger partial charge in [0.1, 0.15) is 0 Å². The van der Waals surface area contributed by atoms with Gasteiger partial charge in [0.05, 0.1) is 7.11 Å². The fraction of sp³-hybridized carbons (Fsp3) is 0.875. The van der Waals surface area contributed by atoms with Crippen LogP contribution in [0, 0.1) is 0 Å². The van der Waals surface area contributed by atoms with Crippen LogP contribution in [0.1, 0.15) is 13.3 Å². The molecule has 1 saturated heterocycles. The summed E-state index contributed by atoms with van der Waals surface area (Å²) in [5, 5.41) is 7.36. The zero-order valence-electron chi connectivity index (χ0n) is 8.17. The minimum atomic E-state index is -0.154. The summed E-state index contributed by atoms with van der Waals surface area (Å²) in [5.74, 6) is 0. The van der Waals surface area contributed by atoms with Crippen LogP contribution in [0.4, 0.5) is 4.79 Å². The summed E-state index contributed by atoms with van der Waals surface area (Å²) in [6.07, 6.45) is 0.993. The first-order valence-corrected chi connectivity index (χ1v) is 4.60. The van der Waals surface area contributed by atoms with Gasteiger partial charge in [-0.15, -0.1) is 0 Å². The van der Waals surface area contributed by atoms with E-state index in [1.807, 2.05) is 6.92 Å². The molecule has 0 aromatic heterocycles. The molecule has 0 spiro atoms. The second-order valence-electron chi connectivity index (χ2n) is 3.02. The lowest BCUT2D eigenvalue weighted by Gasteiger charge is -2.20. The number of nitrogens with zero attached hydrogens (tertiary/aromatic N) is 1. The minimum absolute atomic E-state index is 0.154. The van der Waals surface area contributed by atoms with Crippen molar-refractivity contribution in [1.82, 2.24) is 15.7 Å². The summed E-state index contributed by atoms with van der Waals surface area (Å²) in [6.45, 7) is 4.26. The molecular weight excluding hydrogens is 170 g/mol. The Morgan fingerprint density at radius 2 is 2.54 bits per heavy atom. The summed E-state index contributed by atoms with van der Waals surface area (Å²) < 4.78 is 0. The first kappa shape index (κ1) is 10.3. The molecule has 0 radical (unpaired) electrons. The SMILES string of the molecule is CCN(OC)C(=O)NC1CCNC1. The average Bonchev–Trinajstić information content (AvgIpc) is 2.59. The Balaban J connectivity index is 2.29. The molecule has 0 aromatic carbocycles. The van der Waals surface area contributed by atoms with Crippen molar-refractivity contribution in [2.45, 2.75) is 19.4 Å². The van der Waals surface area contributed by atoms with Gasteiger partial charge < -0.3 is 10.6 Å². The third-order valence-corrected chi connectivity index (χ3v) is 2.12. The van der Waals surface area contributed by atoms with E-state index in [0.717, 1.165) is 19.5 Å². The second-order valence-corrected chi connectivity index (χ2v) is 3.02. The standard InChI is InChI=1S/C8H17N3O2/c1-3-11(13-2)8(12)10-7-4-5-9-6-7/h7,9H,3-6H2,1-2H3,(H,10,12). The predicted molar refractivity (Wildman–Crippen MR) is 49.2 cm³/mol. The van der Waals surface area contributed by atoms with Crippen LogP contribution < -0.4 is 10.6 Å². The van der Waals surface area contributed by atoms with Crippen molar-refractivity contribution in [3.05, 3.63) is 0 Å². The summed E-state index contributed by atoms with van der Waals surface area (Å²) in [6, 6.07) is 0.0930. The smallest absolute Gasteiger partial charge is 0.332 e. The minimum Gasteiger partial charge on any atom is -0.332 e. The van der Waals surface area contributed by atoms with E-state index in [9.17, 15) is 4.79 Å². The van der Waals surface area contributed by atoms with Crippen LogP contribution in [0.25, 0.3) is 0 Å². The Labute approximate surface area is 78.4 Å². The van der Waals surface area contributed by atoms with Gasteiger partial charge in [-0.25, -0.2) is 9.86 Å². The molecule has 76 valence electrons. The number of hydroxylamine groups is 2. The van der Waals surface area contributed by atoms with Crippen LogP contribution in [0.3, 0.4) is 0 Å². The second kappa shape index (κ2) is 5.04. The van der Waals surface area contributed by atoms with Gasteiger partial charge in [-0.2, -0.15) is 0 Å². The maximum absolute atomic E-state index is 11.4. The Bertz CT molecular complexity index is 165. The van der Waals surface area contributed by atoms with Crippen molar-refractivity contribution < 1.29 is 9.63 Å². The Hall–Kier alpha value is -0.810. The molecule has 13 heavy (non-hydrogen) atoms. The maximum atomic E-state index is 11.4. The lowest BCUT2D eigenvalue weighted by Crippen LogP contribution is -2.45. The number of nitrogens with one attached hydrogen (secondary N) is 2. The van der Waals surface area contributed by atoms with Gasteiger partial charge in [0, 0.05) is 19.1 Å². The third-order valence-electron chi connectivity index (χ3n) is 2.12. The Morgan fingerprint density at radius 1 is 1.77 bits per heavy atom. The first-order valence-electron chi connectivity index (χ1n) is 4.60. The first-order chi connectivity index (χ1) is 6.27. The highest BCUT2D eigenvalue weighted by Gasteiger charge is 2.19. The van der Waals surface area contributed by atoms with Crippen molar-refractivity contribution in [2.24, 2.45) is 0 Å². The van der Waals surface area contributed by atoms with E-state index >= 15 is 0 Å². The fourth-order valence-corrected chi connectivity index (χ4v) is 1.38. The Morgan fingerprint density at radius 3 is 3.00 bits per heavy atom. The maximum Gasteiger partial charge on any atom is 0.341 e. The summed E-state index contributed by atoms with van der Waals surface area (Å²) >= 11 is 0. The van der Waals surface area contributed by atoms with E-state index in [1.54, 1.807) is 0 Å². The highest BCUT2D eigenvalue weighted by molar-refractivity contribution is 5.73. The van der Waals surface area contributed by atoms with Crippen molar-refractivity contribution >= 4 is 6.03 Å². The van der Waals surface area contributed by atoms with E-state index in [2.05, 4.69) is 10.6 Å². The van der Waals surface area contributed by atoms with Crippen molar-refractivity contribution in [1.29, 1.82) is 0 Å². The van der Waals surface area contributed by atoms with E-state index < -0.39 is 0 Å².